The molecule has 0 unspecified atom stereocenters. The van der Waals surface area contributed by atoms with Crippen LogP contribution in [0.2, 0.25) is 0 Å². The maximum absolute atomic E-state index is 13.6. The second-order valence-corrected chi connectivity index (χ2v) is 7.21. The van der Waals surface area contributed by atoms with Crippen molar-refractivity contribution in [2.45, 2.75) is 26.4 Å². The highest BCUT2D eigenvalue weighted by Gasteiger charge is 2.12. The Bertz CT molecular complexity index is 946. The molecule has 0 aliphatic rings. The minimum atomic E-state index is -0.245. The molecule has 3 rings (SSSR count). The van der Waals surface area contributed by atoms with Gasteiger partial charge in [-0.2, -0.15) is 0 Å². The second-order valence-electron chi connectivity index (χ2n) is 6.82. The van der Waals surface area contributed by atoms with Crippen molar-refractivity contribution in [3.05, 3.63) is 78.1 Å². The number of anilines is 1. The monoisotopic (exact) mass is 412 g/mol. The van der Waals surface area contributed by atoms with Gasteiger partial charge in [-0.05, 0) is 67.0 Å². The third-order valence-corrected chi connectivity index (χ3v) is 4.96. The lowest BCUT2D eigenvalue weighted by molar-refractivity contribution is 0.395. The maximum Gasteiger partial charge on any atom is 0.173 e. The molecule has 1 N–H and O–H groups in total. The molecule has 0 aliphatic heterocycles. The summed E-state index contributed by atoms with van der Waals surface area (Å²) in [6, 6.07) is 12.5. The van der Waals surface area contributed by atoms with Gasteiger partial charge in [0, 0.05) is 37.7 Å². The number of benzene rings is 2. The molecule has 152 valence electrons. The number of hydrogen-bond donors (Lipinski definition) is 1. The van der Waals surface area contributed by atoms with E-state index < -0.39 is 0 Å². The number of hydrogen-bond acceptors (Lipinski definition) is 3. The minimum absolute atomic E-state index is 0.245. The molecule has 0 saturated carbocycles. The summed E-state index contributed by atoms with van der Waals surface area (Å²) in [5, 5.41) is 3.90. The van der Waals surface area contributed by atoms with Crippen molar-refractivity contribution in [2.24, 2.45) is 0 Å². The molecule has 0 atom stereocenters. The molecule has 0 bridgehead atoms. The van der Waals surface area contributed by atoms with E-state index in [1.165, 1.54) is 6.07 Å². The molecule has 3 aromatic rings. The van der Waals surface area contributed by atoms with Crippen LogP contribution in [-0.2, 0) is 13.1 Å². The fraction of sp³-hybridized carbons (Fsp3) is 0.273. The summed E-state index contributed by atoms with van der Waals surface area (Å²) in [6.45, 7) is 4.09. The van der Waals surface area contributed by atoms with Crippen LogP contribution >= 0.6 is 12.2 Å². The summed E-state index contributed by atoms with van der Waals surface area (Å²) >= 11 is 5.68. The zero-order valence-corrected chi connectivity index (χ0v) is 17.5. The fourth-order valence-corrected chi connectivity index (χ4v) is 3.40. The summed E-state index contributed by atoms with van der Waals surface area (Å²) < 4.78 is 21.0. The van der Waals surface area contributed by atoms with E-state index in [0.29, 0.717) is 11.7 Å². The van der Waals surface area contributed by atoms with Gasteiger partial charge in [-0.3, -0.25) is 0 Å². The van der Waals surface area contributed by atoms with Gasteiger partial charge < -0.3 is 19.5 Å². The average molecular weight is 413 g/mol. The lowest BCUT2D eigenvalue weighted by Gasteiger charge is -2.26. The van der Waals surface area contributed by atoms with Crippen molar-refractivity contribution in [3.8, 4) is 5.75 Å². The second kappa shape index (κ2) is 10.0. The van der Waals surface area contributed by atoms with Gasteiger partial charge in [-0.1, -0.05) is 12.1 Å². The van der Waals surface area contributed by atoms with E-state index in [1.54, 1.807) is 31.8 Å². The molecule has 0 fully saturated rings. The normalized spacial score (nSPS) is 10.6. The summed E-state index contributed by atoms with van der Waals surface area (Å²) in [4.78, 5) is 6.13. The van der Waals surface area contributed by atoms with Crippen LogP contribution < -0.4 is 10.1 Å². The first-order chi connectivity index (χ1) is 14.0. The van der Waals surface area contributed by atoms with E-state index in [0.717, 1.165) is 42.1 Å². The van der Waals surface area contributed by atoms with Crippen LogP contribution in [0.15, 0.2) is 61.2 Å². The Morgan fingerprint density at radius 1 is 1.28 bits per heavy atom. The number of methoxy groups -OCH3 is 1. The van der Waals surface area contributed by atoms with Crippen LogP contribution in [-0.4, -0.2) is 33.2 Å². The van der Waals surface area contributed by atoms with Crippen LogP contribution in [0.4, 0.5) is 10.1 Å². The Kier molecular flexibility index (Phi) is 7.19. The first kappa shape index (κ1) is 20.8. The highest BCUT2D eigenvalue weighted by molar-refractivity contribution is 7.80. The van der Waals surface area contributed by atoms with Gasteiger partial charge in [-0.15, -0.1) is 0 Å². The Morgan fingerprint density at radius 3 is 2.83 bits per heavy atom. The van der Waals surface area contributed by atoms with Crippen molar-refractivity contribution in [1.29, 1.82) is 0 Å². The Morgan fingerprint density at radius 2 is 2.14 bits per heavy atom. The van der Waals surface area contributed by atoms with Crippen LogP contribution in [0.1, 0.15) is 17.5 Å². The number of nitrogens with zero attached hydrogens (tertiary/aromatic N) is 3. The molecular formula is C22H25FN4OS. The molecule has 0 radical (unpaired) electrons. The van der Waals surface area contributed by atoms with Gasteiger partial charge in [0.1, 0.15) is 11.6 Å². The van der Waals surface area contributed by atoms with E-state index in [9.17, 15) is 4.39 Å². The third-order valence-electron chi connectivity index (χ3n) is 4.60. The van der Waals surface area contributed by atoms with Crippen molar-refractivity contribution in [3.63, 3.8) is 0 Å². The highest BCUT2D eigenvalue weighted by Crippen LogP contribution is 2.22. The Labute approximate surface area is 176 Å². The van der Waals surface area contributed by atoms with E-state index in [2.05, 4.69) is 15.2 Å². The molecule has 29 heavy (non-hydrogen) atoms. The Hall–Kier alpha value is -2.93. The van der Waals surface area contributed by atoms with Gasteiger partial charge in [0.25, 0.3) is 0 Å². The number of imidazole rings is 1. The number of rotatable bonds is 8. The van der Waals surface area contributed by atoms with Crippen LogP contribution in [0.5, 0.6) is 5.75 Å². The lowest BCUT2D eigenvalue weighted by atomic mass is 10.2. The first-order valence-corrected chi connectivity index (χ1v) is 9.87. The third kappa shape index (κ3) is 6.02. The number of nitrogens with one attached hydrogen (secondary N) is 1. The quantitative estimate of drug-likeness (QED) is 0.547. The van der Waals surface area contributed by atoms with E-state index in [1.807, 2.05) is 42.0 Å². The van der Waals surface area contributed by atoms with Crippen molar-refractivity contribution < 1.29 is 9.13 Å². The first-order valence-electron chi connectivity index (χ1n) is 9.46. The van der Waals surface area contributed by atoms with E-state index >= 15 is 0 Å². The molecule has 1 heterocycles. The van der Waals surface area contributed by atoms with Crippen LogP contribution in [0.3, 0.4) is 0 Å². The highest BCUT2D eigenvalue weighted by atomic mass is 32.1. The topological polar surface area (TPSA) is 42.3 Å². The maximum atomic E-state index is 13.6. The molecule has 0 saturated heterocycles. The smallest absolute Gasteiger partial charge is 0.173 e. The van der Waals surface area contributed by atoms with Crippen molar-refractivity contribution in [2.75, 3.05) is 19.0 Å². The summed E-state index contributed by atoms with van der Waals surface area (Å²) in [6.07, 6.45) is 6.39. The number of halogens is 1. The molecule has 2 aromatic carbocycles. The molecule has 0 amide bonds. The SMILES string of the molecule is COc1ccc(NC(=S)N(CCCn2ccnc2)Cc2cccc(F)c2)cc1C. The van der Waals surface area contributed by atoms with Crippen molar-refractivity contribution in [1.82, 2.24) is 14.5 Å². The molecule has 5 nitrogen and oxygen atoms in total. The molecule has 0 spiro atoms. The van der Waals surface area contributed by atoms with Gasteiger partial charge in [-0.25, -0.2) is 9.37 Å². The summed E-state index contributed by atoms with van der Waals surface area (Å²) in [7, 11) is 1.65. The number of aromatic nitrogens is 2. The number of thiocarbonyl (C=S) groups is 1. The molecular weight excluding hydrogens is 387 g/mol. The number of ether oxygens (including phenoxy) is 1. The molecule has 1 aromatic heterocycles. The van der Waals surface area contributed by atoms with Gasteiger partial charge >= 0.3 is 0 Å². The van der Waals surface area contributed by atoms with Gasteiger partial charge in [0.15, 0.2) is 5.11 Å². The number of aryl methyl sites for hydroxylation is 2. The van der Waals surface area contributed by atoms with Crippen LogP contribution in [0, 0.1) is 12.7 Å². The average Bonchev–Trinajstić information content (AvgIpc) is 3.21. The lowest BCUT2D eigenvalue weighted by Crippen LogP contribution is -2.35. The zero-order chi connectivity index (χ0) is 20.6. The fourth-order valence-electron chi connectivity index (χ4n) is 3.13. The van der Waals surface area contributed by atoms with E-state index in [4.69, 9.17) is 17.0 Å². The molecule has 7 heteroatoms. The largest absolute Gasteiger partial charge is 0.496 e. The Balaban J connectivity index is 1.69. The predicted octanol–water partition coefficient (Wildman–Crippen LogP) is 4.63. The summed E-state index contributed by atoms with van der Waals surface area (Å²) in [5.74, 6) is 0.587. The molecule has 0 aliphatic carbocycles. The van der Waals surface area contributed by atoms with Gasteiger partial charge in [0.2, 0.25) is 0 Å². The summed E-state index contributed by atoms with van der Waals surface area (Å²) in [5.41, 5.74) is 2.80. The zero-order valence-electron chi connectivity index (χ0n) is 16.6. The standard InChI is InChI=1S/C22H25FN4OS/c1-17-13-20(7-8-21(17)28-2)25-22(29)27(11-4-10-26-12-9-24-16-26)15-18-5-3-6-19(23)14-18/h3,5-9,12-14,16H,4,10-11,15H2,1-2H3,(H,25,29). The minimum Gasteiger partial charge on any atom is -0.496 e. The van der Waals surface area contributed by atoms with Gasteiger partial charge in [0.05, 0.1) is 13.4 Å². The predicted molar refractivity (Wildman–Crippen MR) is 118 cm³/mol. The van der Waals surface area contributed by atoms with Crippen LogP contribution in [0.25, 0.3) is 0 Å². The van der Waals surface area contributed by atoms with E-state index in [-0.39, 0.29) is 5.82 Å². The van der Waals surface area contributed by atoms with Crippen molar-refractivity contribution >= 4 is 23.0 Å².